The third kappa shape index (κ3) is 7.85. The molecule has 0 fully saturated rings. The van der Waals surface area contributed by atoms with E-state index in [4.69, 9.17) is 0 Å². The van der Waals surface area contributed by atoms with Gasteiger partial charge in [0, 0.05) is 45.8 Å². The number of hydrogen-bond donors (Lipinski definition) is 1. The van der Waals surface area contributed by atoms with Crippen molar-refractivity contribution >= 4 is 11.9 Å². The Labute approximate surface area is 165 Å². The average Bonchev–Trinajstić information content (AvgIpc) is 2.69. The number of nitrogens with zero attached hydrogens (tertiary/aromatic N) is 3. The third-order valence-corrected chi connectivity index (χ3v) is 4.68. The molecule has 5 nitrogen and oxygen atoms in total. The molecule has 0 radical (unpaired) electrons. The number of amides is 1. The van der Waals surface area contributed by atoms with Crippen LogP contribution in [0.25, 0.3) is 0 Å². The summed E-state index contributed by atoms with van der Waals surface area (Å²) in [5.74, 6) is 0.980. The van der Waals surface area contributed by atoms with Gasteiger partial charge in [0.25, 0.3) is 5.91 Å². The van der Waals surface area contributed by atoms with E-state index >= 15 is 0 Å². The number of carbonyl (C=O) groups excluding carboxylic acids is 1. The molecule has 0 saturated carbocycles. The van der Waals surface area contributed by atoms with Crippen molar-refractivity contribution in [3.8, 4) is 0 Å². The van der Waals surface area contributed by atoms with Crippen molar-refractivity contribution in [2.24, 2.45) is 4.99 Å². The highest BCUT2D eigenvalue weighted by atomic mass is 16.2. The van der Waals surface area contributed by atoms with Crippen molar-refractivity contribution < 1.29 is 4.79 Å². The zero-order chi connectivity index (χ0) is 20.1. The molecule has 0 aliphatic heterocycles. The molecule has 0 atom stereocenters. The van der Waals surface area contributed by atoms with Gasteiger partial charge in [-0.1, -0.05) is 24.6 Å². The molecule has 0 heterocycles. The van der Waals surface area contributed by atoms with Crippen LogP contribution in [0.3, 0.4) is 0 Å². The number of aliphatic imine (C=N–C) groups is 1. The summed E-state index contributed by atoms with van der Waals surface area (Å²) in [6, 6.07) is 7.83. The van der Waals surface area contributed by atoms with Crippen LogP contribution < -0.4 is 5.32 Å². The van der Waals surface area contributed by atoms with Crippen molar-refractivity contribution in [1.29, 1.82) is 0 Å². The van der Waals surface area contributed by atoms with Crippen molar-refractivity contribution in [3.05, 3.63) is 48.0 Å². The second kappa shape index (κ2) is 13.0. The second-order valence-electron chi connectivity index (χ2n) is 6.63. The number of nitrogens with one attached hydrogen (secondary N) is 1. The quantitative estimate of drug-likeness (QED) is 0.277. The smallest absolute Gasteiger partial charge is 0.253 e. The van der Waals surface area contributed by atoms with E-state index in [9.17, 15) is 4.79 Å². The first-order valence-electron chi connectivity index (χ1n) is 9.98. The van der Waals surface area contributed by atoms with E-state index in [2.05, 4.69) is 28.8 Å². The van der Waals surface area contributed by atoms with E-state index < -0.39 is 0 Å². The first kappa shape index (κ1) is 22.7. The van der Waals surface area contributed by atoms with E-state index in [0.717, 1.165) is 49.6 Å². The van der Waals surface area contributed by atoms with E-state index in [1.807, 2.05) is 56.1 Å². The molecular weight excluding hydrogens is 336 g/mol. The lowest BCUT2D eigenvalue weighted by Gasteiger charge is -2.22. The molecule has 1 aromatic rings. The molecule has 150 valence electrons. The summed E-state index contributed by atoms with van der Waals surface area (Å²) in [7, 11) is 3.87. The van der Waals surface area contributed by atoms with Gasteiger partial charge in [0.05, 0.1) is 0 Å². The van der Waals surface area contributed by atoms with Gasteiger partial charge in [0.1, 0.15) is 0 Å². The Kier molecular flexibility index (Phi) is 10.9. The number of rotatable bonds is 11. The van der Waals surface area contributed by atoms with E-state index in [0.29, 0.717) is 6.54 Å². The summed E-state index contributed by atoms with van der Waals surface area (Å²) in [5.41, 5.74) is 1.87. The highest BCUT2D eigenvalue weighted by molar-refractivity contribution is 5.94. The lowest BCUT2D eigenvalue weighted by Crippen LogP contribution is -2.39. The van der Waals surface area contributed by atoms with Crippen LogP contribution in [0.2, 0.25) is 0 Å². The van der Waals surface area contributed by atoms with Gasteiger partial charge in [-0.2, -0.15) is 0 Å². The van der Waals surface area contributed by atoms with Gasteiger partial charge >= 0.3 is 0 Å². The summed E-state index contributed by atoms with van der Waals surface area (Å²) in [4.78, 5) is 20.7. The van der Waals surface area contributed by atoms with Crippen LogP contribution in [0.4, 0.5) is 0 Å². The topological polar surface area (TPSA) is 47.9 Å². The maximum atomic E-state index is 12.4. The van der Waals surface area contributed by atoms with Crippen LogP contribution in [0.15, 0.2) is 41.9 Å². The molecule has 5 heteroatoms. The largest absolute Gasteiger partial charge is 0.352 e. The van der Waals surface area contributed by atoms with E-state index in [1.165, 1.54) is 12.8 Å². The lowest BCUT2D eigenvalue weighted by atomic mass is 10.1. The second-order valence-corrected chi connectivity index (χ2v) is 6.63. The number of benzene rings is 1. The van der Waals surface area contributed by atoms with Gasteiger partial charge in [-0.15, -0.1) is 6.58 Å². The summed E-state index contributed by atoms with van der Waals surface area (Å²) >= 11 is 0. The number of hydrogen-bond acceptors (Lipinski definition) is 2. The zero-order valence-electron chi connectivity index (χ0n) is 17.5. The fourth-order valence-electron chi connectivity index (χ4n) is 2.94. The molecule has 0 spiro atoms. The molecule has 0 aromatic heterocycles. The van der Waals surface area contributed by atoms with Gasteiger partial charge in [0.2, 0.25) is 0 Å². The van der Waals surface area contributed by atoms with Gasteiger partial charge in [-0.05, 0) is 50.8 Å². The van der Waals surface area contributed by atoms with Crippen LogP contribution in [0.1, 0.15) is 55.5 Å². The summed E-state index contributed by atoms with van der Waals surface area (Å²) in [6.45, 7) is 10.9. The monoisotopic (exact) mass is 372 g/mol. The Bertz CT molecular complexity index is 591. The van der Waals surface area contributed by atoms with E-state index in [-0.39, 0.29) is 5.91 Å². The van der Waals surface area contributed by atoms with Crippen LogP contribution >= 0.6 is 0 Å². The minimum atomic E-state index is 0.0894. The first-order valence-corrected chi connectivity index (χ1v) is 9.98. The molecule has 0 unspecified atom stereocenters. The predicted molar refractivity (Wildman–Crippen MR) is 115 cm³/mol. The van der Waals surface area contributed by atoms with Crippen molar-refractivity contribution in [2.75, 3.05) is 33.7 Å². The average molecular weight is 373 g/mol. The highest BCUT2D eigenvalue weighted by Crippen LogP contribution is 2.08. The maximum absolute atomic E-state index is 12.4. The van der Waals surface area contributed by atoms with Gasteiger partial charge in [-0.3, -0.25) is 9.79 Å². The molecule has 27 heavy (non-hydrogen) atoms. The molecule has 1 N–H and O–H groups in total. The van der Waals surface area contributed by atoms with Crippen LogP contribution in [0, 0.1) is 0 Å². The van der Waals surface area contributed by atoms with Gasteiger partial charge in [0.15, 0.2) is 5.96 Å². The number of guanidine groups is 1. The molecule has 0 aliphatic rings. The minimum absolute atomic E-state index is 0.0894. The Hall–Kier alpha value is -2.30. The highest BCUT2D eigenvalue weighted by Gasteiger charge is 2.12. The summed E-state index contributed by atoms with van der Waals surface area (Å²) < 4.78 is 0. The van der Waals surface area contributed by atoms with Crippen LogP contribution in [-0.4, -0.2) is 55.4 Å². The molecule has 0 aliphatic carbocycles. The standard InChI is InChI=1S/C22H36N4O/c1-6-9-10-11-12-17-25(5)22(23-4)24-18-19-13-15-20(16-14-19)21(27)26(7-2)8-3/h6,13-16H,1,7-12,17-18H2,2-5H3,(H,23,24). The lowest BCUT2D eigenvalue weighted by molar-refractivity contribution is 0.0773. The van der Waals surface area contributed by atoms with Gasteiger partial charge in [-0.25, -0.2) is 0 Å². The SMILES string of the molecule is C=CCCCCCN(C)C(=NC)NCc1ccc(C(=O)N(CC)CC)cc1. The number of carbonyl (C=O) groups is 1. The number of allylic oxidation sites excluding steroid dienone is 1. The van der Waals surface area contributed by atoms with Crippen LogP contribution in [0.5, 0.6) is 0 Å². The summed E-state index contributed by atoms with van der Waals surface area (Å²) in [5, 5.41) is 3.40. The minimum Gasteiger partial charge on any atom is -0.352 e. The Balaban J connectivity index is 2.50. The molecule has 1 aromatic carbocycles. The van der Waals surface area contributed by atoms with Gasteiger partial charge < -0.3 is 15.1 Å². The van der Waals surface area contributed by atoms with Crippen molar-refractivity contribution in [1.82, 2.24) is 15.1 Å². The Morgan fingerprint density at radius 2 is 1.81 bits per heavy atom. The zero-order valence-corrected chi connectivity index (χ0v) is 17.5. The van der Waals surface area contributed by atoms with Crippen molar-refractivity contribution in [3.63, 3.8) is 0 Å². The molecule has 1 rings (SSSR count). The summed E-state index contributed by atoms with van der Waals surface area (Å²) in [6.07, 6.45) is 6.61. The Morgan fingerprint density at radius 3 is 2.37 bits per heavy atom. The third-order valence-electron chi connectivity index (χ3n) is 4.68. The molecule has 0 bridgehead atoms. The fraction of sp³-hybridized carbons (Fsp3) is 0.545. The molecule has 0 saturated heterocycles. The normalized spacial score (nSPS) is 11.2. The number of unbranched alkanes of at least 4 members (excludes halogenated alkanes) is 3. The van der Waals surface area contributed by atoms with E-state index in [1.54, 1.807) is 0 Å². The molecule has 1 amide bonds. The molecular formula is C22H36N4O. The maximum Gasteiger partial charge on any atom is 0.253 e. The fourth-order valence-corrected chi connectivity index (χ4v) is 2.94. The predicted octanol–water partition coefficient (Wildman–Crippen LogP) is 3.92. The first-order chi connectivity index (χ1) is 13.1. The van der Waals surface area contributed by atoms with Crippen LogP contribution in [-0.2, 0) is 6.54 Å². The Morgan fingerprint density at radius 1 is 1.15 bits per heavy atom. The van der Waals surface area contributed by atoms with Crippen molar-refractivity contribution in [2.45, 2.75) is 46.1 Å².